The number of rotatable bonds is 5. The zero-order valence-corrected chi connectivity index (χ0v) is 10.1. The molecule has 0 N–H and O–H groups in total. The summed E-state index contributed by atoms with van der Waals surface area (Å²) in [5.41, 5.74) is 0.0389. The highest BCUT2D eigenvalue weighted by Gasteiger charge is 2.12. The van der Waals surface area contributed by atoms with Crippen LogP contribution in [0.3, 0.4) is 0 Å². The first-order valence-electron chi connectivity index (χ1n) is 4.80. The van der Waals surface area contributed by atoms with E-state index in [1.165, 1.54) is 20.1 Å². The van der Waals surface area contributed by atoms with Crippen LogP contribution >= 0.6 is 0 Å². The van der Waals surface area contributed by atoms with E-state index in [1.807, 2.05) is 25.2 Å². The summed E-state index contributed by atoms with van der Waals surface area (Å²) in [6.45, 7) is 1.33. The van der Waals surface area contributed by atoms with Crippen molar-refractivity contribution in [3.05, 3.63) is 36.1 Å². The third kappa shape index (κ3) is 5.80. The maximum Gasteiger partial charge on any atom is 0.341 e. The fourth-order valence-electron chi connectivity index (χ4n) is 0.877. The number of esters is 1. The Balaban J connectivity index is 4.58. The molecule has 88 valence electrons. The van der Waals surface area contributed by atoms with Crippen molar-refractivity contribution in [2.75, 3.05) is 21.2 Å². The molecule has 0 aromatic carbocycles. The highest BCUT2D eigenvalue weighted by molar-refractivity contribution is 6.16. The van der Waals surface area contributed by atoms with E-state index in [2.05, 4.69) is 4.74 Å². The van der Waals surface area contributed by atoms with E-state index in [0.29, 0.717) is 0 Å². The van der Waals surface area contributed by atoms with Crippen molar-refractivity contribution in [2.45, 2.75) is 6.92 Å². The van der Waals surface area contributed by atoms with Gasteiger partial charge in [0.25, 0.3) is 0 Å². The lowest BCUT2D eigenvalue weighted by Gasteiger charge is -2.00. The lowest BCUT2D eigenvalue weighted by molar-refractivity contribution is -0.137. The van der Waals surface area contributed by atoms with Crippen LogP contribution in [0.1, 0.15) is 6.92 Å². The molecule has 4 nitrogen and oxygen atoms in total. The molecule has 16 heavy (non-hydrogen) atoms. The van der Waals surface area contributed by atoms with Gasteiger partial charge in [0.2, 0.25) is 0 Å². The predicted octanol–water partition coefficient (Wildman–Crippen LogP) is 1.31. The fourth-order valence-corrected chi connectivity index (χ4v) is 0.877. The minimum Gasteiger partial charge on any atom is -0.465 e. The lowest BCUT2D eigenvalue weighted by Crippen LogP contribution is -2.11. The Morgan fingerprint density at radius 3 is 2.19 bits per heavy atom. The number of carbonyl (C=O) groups excluding carboxylic acids is 2. The van der Waals surface area contributed by atoms with Gasteiger partial charge in [-0.3, -0.25) is 4.79 Å². The molecule has 0 saturated carbocycles. The Labute approximate surface area is 95.9 Å². The first kappa shape index (κ1) is 14.2. The van der Waals surface area contributed by atoms with E-state index in [9.17, 15) is 9.59 Å². The molecular formula is C12H17NO3. The first-order chi connectivity index (χ1) is 7.49. The monoisotopic (exact) mass is 223 g/mol. The summed E-state index contributed by atoms with van der Waals surface area (Å²) in [5.74, 6) is -0.929. The van der Waals surface area contributed by atoms with Gasteiger partial charge in [0.05, 0.1) is 7.11 Å². The maximum absolute atomic E-state index is 11.2. The Morgan fingerprint density at radius 2 is 1.75 bits per heavy atom. The van der Waals surface area contributed by atoms with Crippen molar-refractivity contribution < 1.29 is 14.3 Å². The van der Waals surface area contributed by atoms with Crippen LogP contribution in [0.5, 0.6) is 0 Å². The Morgan fingerprint density at radius 1 is 1.12 bits per heavy atom. The summed E-state index contributed by atoms with van der Waals surface area (Å²) in [6, 6.07) is 0. The minimum atomic E-state index is -0.617. The molecule has 0 bridgehead atoms. The molecule has 0 fully saturated rings. The van der Waals surface area contributed by atoms with Gasteiger partial charge in [0.15, 0.2) is 5.78 Å². The quantitative estimate of drug-likeness (QED) is 0.232. The maximum atomic E-state index is 11.2. The second-order valence-corrected chi connectivity index (χ2v) is 3.32. The summed E-state index contributed by atoms with van der Waals surface area (Å²) >= 11 is 0. The molecule has 0 aliphatic heterocycles. The van der Waals surface area contributed by atoms with Crippen LogP contribution in [-0.2, 0) is 14.3 Å². The fraction of sp³-hybridized carbons (Fsp3) is 0.333. The van der Waals surface area contributed by atoms with Gasteiger partial charge in [-0.05, 0) is 25.3 Å². The molecule has 0 aromatic heterocycles. The summed E-state index contributed by atoms with van der Waals surface area (Å²) in [6.07, 6.45) is 8.43. The molecule has 0 atom stereocenters. The number of hydrogen-bond donors (Lipinski definition) is 0. The molecule has 0 aliphatic rings. The highest BCUT2D eigenvalue weighted by atomic mass is 16.5. The standard InChI is InChI=1S/C12H17NO3/c1-10(14)11(12(15)16-4)8-6-5-7-9-13(2)3/h5-9H,1-4H3/b6-5+,9-7+,11-8-. The van der Waals surface area contributed by atoms with Crippen molar-refractivity contribution in [1.29, 1.82) is 0 Å². The van der Waals surface area contributed by atoms with Crippen LogP contribution < -0.4 is 0 Å². The smallest absolute Gasteiger partial charge is 0.341 e. The predicted molar refractivity (Wildman–Crippen MR) is 62.7 cm³/mol. The number of methoxy groups -OCH3 is 1. The molecule has 0 heterocycles. The van der Waals surface area contributed by atoms with Gasteiger partial charge in [-0.25, -0.2) is 4.79 Å². The van der Waals surface area contributed by atoms with E-state index in [4.69, 9.17) is 0 Å². The number of hydrogen-bond acceptors (Lipinski definition) is 4. The van der Waals surface area contributed by atoms with Crippen LogP contribution in [-0.4, -0.2) is 37.9 Å². The van der Waals surface area contributed by atoms with E-state index in [1.54, 1.807) is 18.2 Å². The Kier molecular flexibility index (Phi) is 6.59. The molecule has 0 rings (SSSR count). The lowest BCUT2D eigenvalue weighted by atomic mass is 10.1. The van der Waals surface area contributed by atoms with Crippen molar-refractivity contribution >= 4 is 11.8 Å². The molecule has 0 aliphatic carbocycles. The van der Waals surface area contributed by atoms with Gasteiger partial charge in [-0.15, -0.1) is 0 Å². The van der Waals surface area contributed by atoms with Crippen LogP contribution in [0.4, 0.5) is 0 Å². The largest absolute Gasteiger partial charge is 0.465 e. The van der Waals surface area contributed by atoms with Crippen LogP contribution in [0.15, 0.2) is 36.1 Å². The van der Waals surface area contributed by atoms with Crippen molar-refractivity contribution in [1.82, 2.24) is 4.90 Å². The average molecular weight is 223 g/mol. The van der Waals surface area contributed by atoms with Gasteiger partial charge in [-0.2, -0.15) is 0 Å². The second kappa shape index (κ2) is 7.45. The highest BCUT2D eigenvalue weighted by Crippen LogP contribution is 2.00. The molecular weight excluding hydrogens is 206 g/mol. The Hall–Kier alpha value is -1.84. The van der Waals surface area contributed by atoms with Crippen LogP contribution in [0.2, 0.25) is 0 Å². The number of nitrogens with zero attached hydrogens (tertiary/aromatic N) is 1. The van der Waals surface area contributed by atoms with Crippen LogP contribution in [0.25, 0.3) is 0 Å². The summed E-state index contributed by atoms with van der Waals surface area (Å²) < 4.78 is 4.48. The number of ether oxygens (including phenoxy) is 1. The number of allylic oxidation sites excluding steroid dienone is 4. The third-order valence-electron chi connectivity index (χ3n) is 1.65. The van der Waals surface area contributed by atoms with Crippen molar-refractivity contribution in [3.8, 4) is 0 Å². The molecule has 0 aromatic rings. The molecule has 0 saturated heterocycles. The molecule has 0 spiro atoms. The van der Waals surface area contributed by atoms with Gasteiger partial charge >= 0.3 is 5.97 Å². The van der Waals surface area contributed by atoms with E-state index in [-0.39, 0.29) is 11.4 Å². The molecule has 0 amide bonds. The van der Waals surface area contributed by atoms with Gasteiger partial charge in [0.1, 0.15) is 5.57 Å². The zero-order chi connectivity index (χ0) is 12.6. The normalized spacial score (nSPS) is 12.1. The topological polar surface area (TPSA) is 46.6 Å². The third-order valence-corrected chi connectivity index (χ3v) is 1.65. The van der Waals surface area contributed by atoms with Gasteiger partial charge in [-0.1, -0.05) is 12.2 Å². The SMILES string of the molecule is COC(=O)\C(=C/C=C/C=C/N(C)C)C(C)=O. The molecule has 0 unspecified atom stereocenters. The second-order valence-electron chi connectivity index (χ2n) is 3.32. The molecule has 0 radical (unpaired) electrons. The van der Waals surface area contributed by atoms with E-state index < -0.39 is 5.97 Å². The Bertz CT molecular complexity index is 338. The zero-order valence-electron chi connectivity index (χ0n) is 10.1. The van der Waals surface area contributed by atoms with Crippen LogP contribution in [0, 0.1) is 0 Å². The van der Waals surface area contributed by atoms with E-state index >= 15 is 0 Å². The summed E-state index contributed by atoms with van der Waals surface area (Å²) in [7, 11) is 5.04. The van der Waals surface area contributed by atoms with Crippen molar-refractivity contribution in [3.63, 3.8) is 0 Å². The number of ketones is 1. The van der Waals surface area contributed by atoms with Gasteiger partial charge < -0.3 is 9.64 Å². The summed E-state index contributed by atoms with van der Waals surface area (Å²) in [4.78, 5) is 24.1. The summed E-state index contributed by atoms with van der Waals surface area (Å²) in [5, 5.41) is 0. The average Bonchev–Trinajstić information content (AvgIpc) is 2.21. The minimum absolute atomic E-state index is 0.0389. The number of carbonyl (C=O) groups is 2. The number of Topliss-reactive ketones (excluding diaryl/α,β-unsaturated/α-hetero) is 1. The molecule has 4 heteroatoms. The van der Waals surface area contributed by atoms with Crippen molar-refractivity contribution in [2.24, 2.45) is 0 Å². The van der Waals surface area contributed by atoms with Gasteiger partial charge in [0, 0.05) is 14.1 Å². The van der Waals surface area contributed by atoms with E-state index in [0.717, 1.165) is 0 Å². The first-order valence-corrected chi connectivity index (χ1v) is 4.80.